The van der Waals surface area contributed by atoms with Gasteiger partial charge in [-0.1, -0.05) is 5.16 Å². The fourth-order valence-corrected chi connectivity index (χ4v) is 1.03. The van der Waals surface area contributed by atoms with E-state index in [-0.39, 0.29) is 25.4 Å². The largest absolute Gasteiger partial charge is 0.480 e. The summed E-state index contributed by atoms with van der Waals surface area (Å²) in [6.07, 6.45) is 1.05. The third-order valence-corrected chi connectivity index (χ3v) is 1.84. The molecular formula is C8H12N4O5. The molecule has 1 aromatic rings. The van der Waals surface area contributed by atoms with Gasteiger partial charge in [-0.25, -0.2) is 9.59 Å². The third-order valence-electron chi connectivity index (χ3n) is 1.84. The van der Waals surface area contributed by atoms with E-state index in [1.807, 2.05) is 0 Å². The second kappa shape index (κ2) is 6.43. The maximum absolute atomic E-state index is 11.3. The molecule has 0 aliphatic heterocycles. The standard InChI is InChI=1S/C8H12N4O5/c13-2-1-5(7(14)15)11-8(16)9-3-6-10-4-17-12-6/h4-5,13H,1-3H2,(H,14,15)(H2,9,11,16). The highest BCUT2D eigenvalue weighted by atomic mass is 16.5. The molecule has 0 fully saturated rings. The van der Waals surface area contributed by atoms with Crippen LogP contribution in [0.15, 0.2) is 10.9 Å². The lowest BCUT2D eigenvalue weighted by molar-refractivity contribution is -0.139. The number of amides is 2. The molecule has 9 nitrogen and oxygen atoms in total. The first-order chi connectivity index (χ1) is 8.13. The smallest absolute Gasteiger partial charge is 0.326 e. The van der Waals surface area contributed by atoms with E-state index in [1.165, 1.54) is 0 Å². The number of urea groups is 1. The van der Waals surface area contributed by atoms with E-state index in [1.54, 1.807) is 0 Å². The molecule has 2 amide bonds. The van der Waals surface area contributed by atoms with E-state index in [4.69, 9.17) is 10.2 Å². The predicted molar refractivity (Wildman–Crippen MR) is 52.8 cm³/mol. The van der Waals surface area contributed by atoms with Gasteiger partial charge < -0.3 is 25.4 Å². The lowest BCUT2D eigenvalue weighted by Gasteiger charge is -2.13. The molecular weight excluding hydrogens is 232 g/mol. The maximum atomic E-state index is 11.3. The average molecular weight is 244 g/mol. The summed E-state index contributed by atoms with van der Waals surface area (Å²) in [5.41, 5.74) is 0. The molecule has 1 heterocycles. The van der Waals surface area contributed by atoms with Gasteiger partial charge in [0.25, 0.3) is 0 Å². The van der Waals surface area contributed by atoms with Crippen LogP contribution in [0.5, 0.6) is 0 Å². The van der Waals surface area contributed by atoms with E-state index >= 15 is 0 Å². The Bertz CT molecular complexity index is 366. The zero-order chi connectivity index (χ0) is 12.7. The topological polar surface area (TPSA) is 138 Å². The fourth-order valence-electron chi connectivity index (χ4n) is 1.03. The number of carboxylic acids is 1. The minimum atomic E-state index is -1.21. The first kappa shape index (κ1) is 12.9. The number of carbonyl (C=O) groups excluding carboxylic acids is 1. The van der Waals surface area contributed by atoms with Gasteiger partial charge >= 0.3 is 12.0 Å². The van der Waals surface area contributed by atoms with Crippen LogP contribution in [0, 0.1) is 0 Å². The van der Waals surface area contributed by atoms with Crippen LogP contribution in [-0.4, -0.2) is 45.0 Å². The molecule has 0 aromatic carbocycles. The van der Waals surface area contributed by atoms with Crippen molar-refractivity contribution in [1.82, 2.24) is 20.8 Å². The molecule has 0 aliphatic rings. The number of carboxylic acid groups (broad SMARTS) is 1. The molecule has 17 heavy (non-hydrogen) atoms. The highest BCUT2D eigenvalue weighted by Crippen LogP contribution is 1.92. The van der Waals surface area contributed by atoms with E-state index in [2.05, 4.69) is 25.3 Å². The van der Waals surface area contributed by atoms with Gasteiger partial charge in [0, 0.05) is 13.0 Å². The number of nitrogens with one attached hydrogen (secondary N) is 2. The molecule has 4 N–H and O–H groups in total. The Balaban J connectivity index is 2.34. The zero-order valence-corrected chi connectivity index (χ0v) is 8.79. The first-order valence-corrected chi connectivity index (χ1v) is 4.76. The van der Waals surface area contributed by atoms with Gasteiger partial charge in [-0.05, 0) is 0 Å². The van der Waals surface area contributed by atoms with Crippen LogP contribution >= 0.6 is 0 Å². The molecule has 1 unspecified atom stereocenters. The van der Waals surface area contributed by atoms with Crippen molar-refractivity contribution in [3.8, 4) is 0 Å². The van der Waals surface area contributed by atoms with Crippen LogP contribution in [0.1, 0.15) is 12.2 Å². The first-order valence-electron chi connectivity index (χ1n) is 4.76. The SMILES string of the molecule is O=C(NCc1ncon1)NC(CCO)C(=O)O. The Hall–Kier alpha value is -2.16. The molecule has 0 aliphatic carbocycles. The van der Waals surface area contributed by atoms with Crippen molar-refractivity contribution in [2.45, 2.75) is 19.0 Å². The van der Waals surface area contributed by atoms with Crippen molar-refractivity contribution >= 4 is 12.0 Å². The summed E-state index contributed by atoms with van der Waals surface area (Å²) in [4.78, 5) is 25.6. The molecule has 1 aromatic heterocycles. The van der Waals surface area contributed by atoms with Crippen LogP contribution in [-0.2, 0) is 11.3 Å². The zero-order valence-electron chi connectivity index (χ0n) is 8.79. The molecule has 0 saturated carbocycles. The van der Waals surface area contributed by atoms with Crippen molar-refractivity contribution in [2.24, 2.45) is 0 Å². The second-order valence-electron chi connectivity index (χ2n) is 3.08. The average Bonchev–Trinajstić information content (AvgIpc) is 2.78. The van der Waals surface area contributed by atoms with E-state index in [9.17, 15) is 9.59 Å². The van der Waals surface area contributed by atoms with Crippen molar-refractivity contribution in [1.29, 1.82) is 0 Å². The van der Waals surface area contributed by atoms with Crippen LogP contribution in [0.25, 0.3) is 0 Å². The predicted octanol–water partition coefficient (Wildman–Crippen LogP) is -1.30. The number of hydrogen-bond acceptors (Lipinski definition) is 6. The summed E-state index contributed by atoms with van der Waals surface area (Å²) in [5, 5.41) is 25.3. The number of nitrogens with zero attached hydrogens (tertiary/aromatic N) is 2. The second-order valence-corrected chi connectivity index (χ2v) is 3.08. The van der Waals surface area contributed by atoms with E-state index in [0.29, 0.717) is 0 Å². The van der Waals surface area contributed by atoms with Crippen LogP contribution in [0.2, 0.25) is 0 Å². The Kier molecular flexibility index (Phi) is 4.88. The summed E-state index contributed by atoms with van der Waals surface area (Å²) in [5.74, 6) is -0.942. The number of aliphatic hydroxyl groups excluding tert-OH is 1. The Morgan fingerprint density at radius 2 is 2.29 bits per heavy atom. The van der Waals surface area contributed by atoms with Crippen molar-refractivity contribution in [3.05, 3.63) is 12.2 Å². The normalized spacial score (nSPS) is 11.8. The van der Waals surface area contributed by atoms with Crippen molar-refractivity contribution < 1.29 is 24.3 Å². The van der Waals surface area contributed by atoms with Gasteiger partial charge in [0.2, 0.25) is 6.39 Å². The summed E-state index contributed by atoms with van der Waals surface area (Å²) >= 11 is 0. The van der Waals surface area contributed by atoms with Crippen LogP contribution in [0.3, 0.4) is 0 Å². The number of carbonyl (C=O) groups is 2. The lowest BCUT2D eigenvalue weighted by atomic mass is 10.2. The van der Waals surface area contributed by atoms with Gasteiger partial charge in [-0.2, -0.15) is 4.98 Å². The summed E-state index contributed by atoms with van der Waals surface area (Å²) < 4.78 is 4.44. The highest BCUT2D eigenvalue weighted by Gasteiger charge is 2.18. The molecule has 0 radical (unpaired) electrons. The van der Waals surface area contributed by atoms with Gasteiger partial charge in [0.15, 0.2) is 5.82 Å². The van der Waals surface area contributed by atoms with Crippen LogP contribution in [0.4, 0.5) is 4.79 Å². The molecule has 0 spiro atoms. The number of aliphatic carboxylic acids is 1. The van der Waals surface area contributed by atoms with Crippen molar-refractivity contribution in [2.75, 3.05) is 6.61 Å². The fraction of sp³-hybridized carbons (Fsp3) is 0.500. The number of rotatable bonds is 6. The summed E-state index contributed by atoms with van der Waals surface area (Å²) in [6, 6.07) is -1.82. The monoisotopic (exact) mass is 244 g/mol. The Morgan fingerprint density at radius 3 is 2.82 bits per heavy atom. The summed E-state index contributed by atoms with van der Waals surface area (Å²) in [6.45, 7) is -0.310. The van der Waals surface area contributed by atoms with Crippen molar-refractivity contribution in [3.63, 3.8) is 0 Å². The molecule has 0 saturated heterocycles. The number of aromatic nitrogens is 2. The minimum Gasteiger partial charge on any atom is -0.480 e. The van der Waals surface area contributed by atoms with Gasteiger partial charge in [0.05, 0.1) is 6.54 Å². The molecule has 0 bridgehead atoms. The van der Waals surface area contributed by atoms with Gasteiger partial charge in [-0.3, -0.25) is 0 Å². The highest BCUT2D eigenvalue weighted by molar-refractivity contribution is 5.82. The Morgan fingerprint density at radius 1 is 1.53 bits per heavy atom. The summed E-state index contributed by atoms with van der Waals surface area (Å²) in [7, 11) is 0. The minimum absolute atomic E-state index is 0.0216. The number of aliphatic hydroxyl groups is 1. The third kappa shape index (κ3) is 4.47. The van der Waals surface area contributed by atoms with E-state index < -0.39 is 18.0 Å². The van der Waals surface area contributed by atoms with Gasteiger partial charge in [-0.15, -0.1) is 0 Å². The molecule has 1 atom stereocenters. The number of hydrogen-bond donors (Lipinski definition) is 4. The van der Waals surface area contributed by atoms with Gasteiger partial charge in [0.1, 0.15) is 6.04 Å². The maximum Gasteiger partial charge on any atom is 0.326 e. The van der Waals surface area contributed by atoms with E-state index in [0.717, 1.165) is 6.39 Å². The quantitative estimate of drug-likeness (QED) is 0.488. The molecule has 94 valence electrons. The lowest BCUT2D eigenvalue weighted by Crippen LogP contribution is -2.46. The van der Waals surface area contributed by atoms with Crippen LogP contribution < -0.4 is 10.6 Å². The molecule has 1 rings (SSSR count). The molecule has 9 heteroatoms. The Labute approximate surface area is 95.8 Å².